The van der Waals surface area contributed by atoms with Gasteiger partial charge in [0.2, 0.25) is 0 Å². The molecule has 0 atom stereocenters. The first kappa shape index (κ1) is 12.5. The number of halogens is 2. The molecule has 0 saturated heterocycles. The molecule has 0 fully saturated rings. The summed E-state index contributed by atoms with van der Waals surface area (Å²) >= 11 is 4.84. The van der Waals surface area contributed by atoms with Gasteiger partial charge in [0.05, 0.1) is 5.69 Å². The van der Waals surface area contributed by atoms with Crippen molar-refractivity contribution in [1.82, 2.24) is 0 Å². The van der Waals surface area contributed by atoms with Gasteiger partial charge in [0.1, 0.15) is 0 Å². The first-order chi connectivity index (χ1) is 6.56. The minimum atomic E-state index is 1.18. The second kappa shape index (κ2) is 5.53. The molecule has 0 heterocycles. The molecular formula is C11H15I2N. The van der Waals surface area contributed by atoms with Crippen molar-refractivity contribution in [2.75, 3.05) is 19.0 Å². The quantitative estimate of drug-likeness (QED) is 0.677. The van der Waals surface area contributed by atoms with Crippen LogP contribution in [0.3, 0.4) is 0 Å². The highest BCUT2D eigenvalue weighted by molar-refractivity contribution is 14.1. The summed E-state index contributed by atoms with van der Waals surface area (Å²) in [6.45, 7) is 2.22. The molecule has 78 valence electrons. The fraction of sp³-hybridized carbons (Fsp3) is 0.455. The maximum atomic E-state index is 2.42. The van der Waals surface area contributed by atoms with Crippen LogP contribution in [0, 0.1) is 7.14 Å². The first-order valence-corrected chi connectivity index (χ1v) is 6.87. The van der Waals surface area contributed by atoms with E-state index in [1.165, 1.54) is 31.2 Å². The summed E-state index contributed by atoms with van der Waals surface area (Å²) in [4.78, 5) is 2.18. The average molecular weight is 415 g/mol. The lowest BCUT2D eigenvalue weighted by Crippen LogP contribution is -2.12. The topological polar surface area (TPSA) is 3.24 Å². The maximum Gasteiger partial charge on any atom is 0.0632 e. The van der Waals surface area contributed by atoms with Gasteiger partial charge in [0, 0.05) is 21.2 Å². The van der Waals surface area contributed by atoms with Gasteiger partial charge in [0.15, 0.2) is 0 Å². The van der Waals surface area contributed by atoms with Crippen molar-refractivity contribution in [2.24, 2.45) is 0 Å². The second-order valence-corrected chi connectivity index (χ2v) is 5.88. The van der Waals surface area contributed by atoms with E-state index in [1.807, 2.05) is 0 Å². The van der Waals surface area contributed by atoms with Crippen molar-refractivity contribution in [3.05, 3.63) is 24.8 Å². The zero-order valence-corrected chi connectivity index (χ0v) is 13.1. The Bertz CT molecular complexity index is 298. The van der Waals surface area contributed by atoms with Gasteiger partial charge in [-0.1, -0.05) is 13.3 Å². The summed E-state index contributed by atoms with van der Waals surface area (Å²) in [5, 5.41) is 0. The normalized spacial score (nSPS) is 10.4. The summed E-state index contributed by atoms with van der Waals surface area (Å²) in [6, 6.07) is 4.59. The van der Waals surface area contributed by atoms with Gasteiger partial charge in [-0.05, 0) is 69.3 Å². The van der Waals surface area contributed by atoms with Crippen molar-refractivity contribution in [3.8, 4) is 0 Å². The highest BCUT2D eigenvalue weighted by atomic mass is 127. The maximum absolute atomic E-state index is 2.42. The minimum absolute atomic E-state index is 1.18. The van der Waals surface area contributed by atoms with E-state index in [0.717, 1.165) is 0 Å². The predicted octanol–water partition coefficient (Wildman–Crippen LogP) is 3.91. The molecule has 1 aromatic carbocycles. The lowest BCUT2D eigenvalue weighted by Gasteiger charge is -2.17. The van der Waals surface area contributed by atoms with E-state index in [-0.39, 0.29) is 0 Å². The van der Waals surface area contributed by atoms with Crippen molar-refractivity contribution in [1.29, 1.82) is 0 Å². The van der Waals surface area contributed by atoms with E-state index in [4.69, 9.17) is 0 Å². The zero-order chi connectivity index (χ0) is 10.7. The molecule has 0 spiro atoms. The van der Waals surface area contributed by atoms with Crippen molar-refractivity contribution < 1.29 is 0 Å². The van der Waals surface area contributed by atoms with Crippen LogP contribution in [-0.2, 0) is 6.42 Å². The molecule has 0 bridgehead atoms. The smallest absolute Gasteiger partial charge is 0.0632 e. The van der Waals surface area contributed by atoms with Gasteiger partial charge < -0.3 is 4.90 Å². The molecular weight excluding hydrogens is 400 g/mol. The Morgan fingerprint density at radius 3 is 2.00 bits per heavy atom. The summed E-state index contributed by atoms with van der Waals surface area (Å²) < 4.78 is 2.70. The largest absolute Gasteiger partial charge is 0.376 e. The third-order valence-electron chi connectivity index (χ3n) is 2.06. The fourth-order valence-corrected chi connectivity index (χ4v) is 4.34. The van der Waals surface area contributed by atoms with E-state index < -0.39 is 0 Å². The number of benzene rings is 1. The van der Waals surface area contributed by atoms with Crippen LogP contribution < -0.4 is 4.90 Å². The molecule has 1 nitrogen and oxygen atoms in total. The first-order valence-electron chi connectivity index (χ1n) is 4.71. The molecule has 1 aromatic rings. The molecule has 0 N–H and O–H groups in total. The summed E-state index contributed by atoms with van der Waals surface area (Å²) in [5.41, 5.74) is 2.79. The summed E-state index contributed by atoms with van der Waals surface area (Å²) in [5.74, 6) is 0. The van der Waals surface area contributed by atoms with Crippen LogP contribution in [0.4, 0.5) is 5.69 Å². The Morgan fingerprint density at radius 2 is 1.64 bits per heavy atom. The zero-order valence-electron chi connectivity index (χ0n) is 8.77. The van der Waals surface area contributed by atoms with Crippen molar-refractivity contribution in [2.45, 2.75) is 19.8 Å². The molecule has 0 amide bonds. The summed E-state index contributed by atoms with van der Waals surface area (Å²) in [7, 11) is 4.19. The summed E-state index contributed by atoms with van der Waals surface area (Å²) in [6.07, 6.45) is 2.40. The number of hydrogen-bond acceptors (Lipinski definition) is 1. The van der Waals surface area contributed by atoms with E-state index in [2.05, 4.69) is 83.2 Å². The van der Waals surface area contributed by atoms with Crippen molar-refractivity contribution >= 4 is 50.9 Å². The fourth-order valence-electron chi connectivity index (χ4n) is 1.48. The monoisotopic (exact) mass is 415 g/mol. The van der Waals surface area contributed by atoms with Gasteiger partial charge >= 0.3 is 0 Å². The van der Waals surface area contributed by atoms with Crippen LogP contribution in [0.25, 0.3) is 0 Å². The molecule has 0 aromatic heterocycles. The number of rotatable bonds is 3. The standard InChI is InChI=1S/C11H15I2N/c1-4-5-8-6-9(12)11(14(2)3)10(13)7-8/h6-7H,4-5H2,1-3H3. The van der Waals surface area contributed by atoms with Crippen LogP contribution in [0.15, 0.2) is 12.1 Å². The molecule has 3 heteroatoms. The lowest BCUT2D eigenvalue weighted by molar-refractivity contribution is 0.918. The van der Waals surface area contributed by atoms with Crippen LogP contribution in [-0.4, -0.2) is 14.1 Å². The Labute approximate surface area is 114 Å². The van der Waals surface area contributed by atoms with Gasteiger partial charge in [-0.3, -0.25) is 0 Å². The molecule has 0 aliphatic rings. The molecule has 0 unspecified atom stereocenters. The van der Waals surface area contributed by atoms with Gasteiger partial charge in [-0.25, -0.2) is 0 Å². The van der Waals surface area contributed by atoms with E-state index >= 15 is 0 Å². The highest BCUT2D eigenvalue weighted by Crippen LogP contribution is 2.28. The van der Waals surface area contributed by atoms with Gasteiger partial charge in [-0.15, -0.1) is 0 Å². The SMILES string of the molecule is CCCc1cc(I)c(N(C)C)c(I)c1. The average Bonchev–Trinajstić information content (AvgIpc) is 2.01. The Morgan fingerprint density at radius 1 is 1.14 bits per heavy atom. The second-order valence-electron chi connectivity index (χ2n) is 3.55. The van der Waals surface area contributed by atoms with Crippen LogP contribution in [0.2, 0.25) is 0 Å². The van der Waals surface area contributed by atoms with Crippen LogP contribution >= 0.6 is 45.2 Å². The number of hydrogen-bond donors (Lipinski definition) is 0. The molecule has 0 aliphatic carbocycles. The number of nitrogens with zero attached hydrogens (tertiary/aromatic N) is 1. The molecule has 14 heavy (non-hydrogen) atoms. The van der Waals surface area contributed by atoms with E-state index in [0.29, 0.717) is 0 Å². The van der Waals surface area contributed by atoms with Crippen molar-refractivity contribution in [3.63, 3.8) is 0 Å². The van der Waals surface area contributed by atoms with Gasteiger partial charge in [0.25, 0.3) is 0 Å². The minimum Gasteiger partial charge on any atom is -0.376 e. The number of aryl methyl sites for hydroxylation is 1. The van der Waals surface area contributed by atoms with Gasteiger partial charge in [-0.2, -0.15) is 0 Å². The number of anilines is 1. The third-order valence-corrected chi connectivity index (χ3v) is 3.71. The molecule has 0 aliphatic heterocycles. The lowest BCUT2D eigenvalue weighted by atomic mass is 10.1. The molecule has 0 saturated carbocycles. The van der Waals surface area contributed by atoms with E-state index in [1.54, 1.807) is 0 Å². The third kappa shape index (κ3) is 2.98. The van der Waals surface area contributed by atoms with Crippen LogP contribution in [0.1, 0.15) is 18.9 Å². The van der Waals surface area contributed by atoms with E-state index in [9.17, 15) is 0 Å². The Hall–Kier alpha value is 0.480. The Kier molecular flexibility index (Phi) is 4.96. The predicted molar refractivity (Wildman–Crippen MR) is 80.2 cm³/mol. The van der Waals surface area contributed by atoms with Crippen LogP contribution in [0.5, 0.6) is 0 Å². The molecule has 1 rings (SSSR count). The Balaban J connectivity index is 3.11. The highest BCUT2D eigenvalue weighted by Gasteiger charge is 2.08. The molecule has 0 radical (unpaired) electrons.